The van der Waals surface area contributed by atoms with E-state index < -0.39 is 0 Å². The van der Waals surface area contributed by atoms with Crippen LogP contribution >= 0.6 is 22.9 Å². The van der Waals surface area contributed by atoms with Crippen LogP contribution < -0.4 is 5.32 Å². The predicted octanol–water partition coefficient (Wildman–Crippen LogP) is 3.88. The van der Waals surface area contributed by atoms with E-state index in [1.807, 2.05) is 20.8 Å². The number of hydrogen-bond acceptors (Lipinski definition) is 4. The molecule has 20 heavy (non-hydrogen) atoms. The second-order valence-corrected chi connectivity index (χ2v) is 5.94. The quantitative estimate of drug-likeness (QED) is 0.872. The summed E-state index contributed by atoms with van der Waals surface area (Å²) in [7, 11) is 0. The Morgan fingerprint density at radius 3 is 2.65 bits per heavy atom. The molecule has 0 aliphatic rings. The van der Waals surface area contributed by atoms with Gasteiger partial charge in [0.2, 0.25) is 0 Å². The van der Waals surface area contributed by atoms with Gasteiger partial charge in [-0.2, -0.15) is 0 Å². The molecule has 106 valence electrons. The molecule has 0 saturated heterocycles. The van der Waals surface area contributed by atoms with Crippen LogP contribution in [-0.4, -0.2) is 15.9 Å². The van der Waals surface area contributed by atoms with Crippen molar-refractivity contribution in [2.24, 2.45) is 0 Å². The SMILES string of the molecule is CCc1cc(C(=O)Nc2nc(CC)c(C)s2)cc(Cl)n1. The van der Waals surface area contributed by atoms with Gasteiger partial charge in [0.15, 0.2) is 5.13 Å². The Labute approximate surface area is 127 Å². The van der Waals surface area contributed by atoms with E-state index in [1.54, 1.807) is 12.1 Å². The number of rotatable bonds is 4. The molecular formula is C14H16ClN3OS. The lowest BCUT2D eigenvalue weighted by molar-refractivity contribution is 0.102. The van der Waals surface area contributed by atoms with E-state index >= 15 is 0 Å². The van der Waals surface area contributed by atoms with Gasteiger partial charge in [-0.15, -0.1) is 11.3 Å². The molecule has 1 amide bonds. The Balaban J connectivity index is 2.21. The molecule has 0 aromatic carbocycles. The van der Waals surface area contributed by atoms with Gasteiger partial charge in [0.25, 0.3) is 5.91 Å². The third kappa shape index (κ3) is 3.35. The average Bonchev–Trinajstić information content (AvgIpc) is 2.77. The lowest BCUT2D eigenvalue weighted by atomic mass is 10.2. The zero-order valence-electron chi connectivity index (χ0n) is 11.7. The summed E-state index contributed by atoms with van der Waals surface area (Å²) in [5.74, 6) is -0.208. The van der Waals surface area contributed by atoms with Gasteiger partial charge >= 0.3 is 0 Å². The number of nitrogens with one attached hydrogen (secondary N) is 1. The molecule has 0 aliphatic carbocycles. The number of amides is 1. The fraction of sp³-hybridized carbons (Fsp3) is 0.357. The summed E-state index contributed by atoms with van der Waals surface area (Å²) in [4.78, 5) is 21.9. The smallest absolute Gasteiger partial charge is 0.257 e. The summed E-state index contributed by atoms with van der Waals surface area (Å²) in [5.41, 5.74) is 2.33. The molecule has 2 heterocycles. The maximum Gasteiger partial charge on any atom is 0.257 e. The molecule has 0 atom stereocenters. The van der Waals surface area contributed by atoms with Crippen LogP contribution in [-0.2, 0) is 12.8 Å². The number of aromatic nitrogens is 2. The largest absolute Gasteiger partial charge is 0.298 e. The van der Waals surface area contributed by atoms with Gasteiger partial charge in [-0.1, -0.05) is 25.4 Å². The first kappa shape index (κ1) is 14.9. The molecular weight excluding hydrogens is 294 g/mol. The van der Waals surface area contributed by atoms with Crippen molar-refractivity contribution in [3.8, 4) is 0 Å². The Bertz CT molecular complexity index is 639. The van der Waals surface area contributed by atoms with Crippen molar-refractivity contribution in [2.75, 3.05) is 5.32 Å². The van der Waals surface area contributed by atoms with E-state index in [1.165, 1.54) is 11.3 Å². The van der Waals surface area contributed by atoms with Gasteiger partial charge in [-0.3, -0.25) is 10.1 Å². The molecule has 2 aromatic rings. The number of carbonyl (C=O) groups is 1. The molecule has 1 N–H and O–H groups in total. The van der Waals surface area contributed by atoms with Gasteiger partial charge in [-0.25, -0.2) is 9.97 Å². The summed E-state index contributed by atoms with van der Waals surface area (Å²) in [5, 5.41) is 3.77. The highest BCUT2D eigenvalue weighted by Gasteiger charge is 2.12. The van der Waals surface area contributed by atoms with Crippen LogP contribution in [0.4, 0.5) is 5.13 Å². The van der Waals surface area contributed by atoms with Crippen molar-refractivity contribution in [1.82, 2.24) is 9.97 Å². The zero-order valence-corrected chi connectivity index (χ0v) is 13.2. The van der Waals surface area contributed by atoms with E-state index in [0.717, 1.165) is 29.1 Å². The van der Waals surface area contributed by atoms with Crippen molar-refractivity contribution in [2.45, 2.75) is 33.6 Å². The molecule has 0 unspecified atom stereocenters. The molecule has 0 saturated carbocycles. The van der Waals surface area contributed by atoms with E-state index in [0.29, 0.717) is 15.8 Å². The monoisotopic (exact) mass is 309 g/mol. The highest BCUT2D eigenvalue weighted by atomic mass is 35.5. The Hall–Kier alpha value is -1.46. The number of nitrogens with zero attached hydrogens (tertiary/aromatic N) is 2. The van der Waals surface area contributed by atoms with Crippen LogP contribution in [0.2, 0.25) is 5.15 Å². The number of aryl methyl sites for hydroxylation is 3. The Morgan fingerprint density at radius 1 is 1.30 bits per heavy atom. The van der Waals surface area contributed by atoms with Crippen LogP contribution in [0, 0.1) is 6.92 Å². The molecule has 4 nitrogen and oxygen atoms in total. The van der Waals surface area contributed by atoms with Gasteiger partial charge in [0.05, 0.1) is 5.69 Å². The minimum atomic E-state index is -0.208. The molecule has 6 heteroatoms. The Morgan fingerprint density at radius 2 is 2.05 bits per heavy atom. The molecule has 0 spiro atoms. The second kappa shape index (κ2) is 6.33. The fourth-order valence-corrected chi connectivity index (χ4v) is 2.97. The first-order valence-corrected chi connectivity index (χ1v) is 7.67. The third-order valence-corrected chi connectivity index (χ3v) is 4.04. The van der Waals surface area contributed by atoms with Crippen LogP contribution in [0.25, 0.3) is 0 Å². The lowest BCUT2D eigenvalue weighted by Crippen LogP contribution is -2.12. The van der Waals surface area contributed by atoms with Crippen LogP contribution in [0.3, 0.4) is 0 Å². The minimum Gasteiger partial charge on any atom is -0.298 e. The van der Waals surface area contributed by atoms with Gasteiger partial charge in [0.1, 0.15) is 5.15 Å². The molecule has 0 aliphatic heterocycles. The number of anilines is 1. The summed E-state index contributed by atoms with van der Waals surface area (Å²) in [6.45, 7) is 6.02. The van der Waals surface area contributed by atoms with Crippen LogP contribution in [0.1, 0.15) is 40.5 Å². The summed E-state index contributed by atoms with van der Waals surface area (Å²) in [6, 6.07) is 3.32. The van der Waals surface area contributed by atoms with Gasteiger partial charge in [-0.05, 0) is 31.9 Å². The van der Waals surface area contributed by atoms with Crippen LogP contribution in [0.5, 0.6) is 0 Å². The third-order valence-electron chi connectivity index (χ3n) is 2.92. The molecule has 2 rings (SSSR count). The normalized spacial score (nSPS) is 10.6. The van der Waals surface area contributed by atoms with Crippen molar-refractivity contribution in [3.63, 3.8) is 0 Å². The highest BCUT2D eigenvalue weighted by Crippen LogP contribution is 2.23. The second-order valence-electron chi connectivity index (χ2n) is 4.35. The first-order chi connectivity index (χ1) is 9.53. The highest BCUT2D eigenvalue weighted by molar-refractivity contribution is 7.15. The predicted molar refractivity (Wildman–Crippen MR) is 82.8 cm³/mol. The first-order valence-electron chi connectivity index (χ1n) is 6.47. The zero-order chi connectivity index (χ0) is 14.7. The summed E-state index contributed by atoms with van der Waals surface area (Å²) < 4.78 is 0. The Kier molecular flexibility index (Phi) is 4.73. The lowest BCUT2D eigenvalue weighted by Gasteiger charge is -2.04. The van der Waals surface area contributed by atoms with E-state index in [-0.39, 0.29) is 5.91 Å². The molecule has 2 aromatic heterocycles. The topological polar surface area (TPSA) is 54.9 Å². The number of thiazole rings is 1. The maximum absolute atomic E-state index is 12.2. The van der Waals surface area contributed by atoms with Crippen molar-refractivity contribution in [3.05, 3.63) is 39.1 Å². The average molecular weight is 310 g/mol. The minimum absolute atomic E-state index is 0.208. The summed E-state index contributed by atoms with van der Waals surface area (Å²) in [6.07, 6.45) is 1.59. The summed E-state index contributed by atoms with van der Waals surface area (Å²) >= 11 is 7.41. The number of halogens is 1. The van der Waals surface area contributed by atoms with Gasteiger partial charge in [0, 0.05) is 16.1 Å². The van der Waals surface area contributed by atoms with Crippen molar-refractivity contribution >= 4 is 34.0 Å². The number of carbonyl (C=O) groups excluding carboxylic acids is 1. The number of pyridine rings is 1. The van der Waals surface area contributed by atoms with E-state index in [4.69, 9.17) is 11.6 Å². The molecule has 0 bridgehead atoms. The molecule has 0 fully saturated rings. The van der Waals surface area contributed by atoms with E-state index in [2.05, 4.69) is 15.3 Å². The van der Waals surface area contributed by atoms with Crippen LogP contribution in [0.15, 0.2) is 12.1 Å². The van der Waals surface area contributed by atoms with E-state index in [9.17, 15) is 4.79 Å². The maximum atomic E-state index is 12.2. The van der Waals surface area contributed by atoms with Crippen molar-refractivity contribution in [1.29, 1.82) is 0 Å². The van der Waals surface area contributed by atoms with Crippen molar-refractivity contribution < 1.29 is 4.79 Å². The fourth-order valence-electron chi connectivity index (χ4n) is 1.84. The van der Waals surface area contributed by atoms with Gasteiger partial charge < -0.3 is 0 Å². The molecule has 0 radical (unpaired) electrons. The number of hydrogen-bond donors (Lipinski definition) is 1. The standard InChI is InChI=1S/C14H16ClN3OS/c1-4-10-6-9(7-12(15)16-10)13(19)18-14-17-11(5-2)8(3)20-14/h6-7H,4-5H2,1-3H3,(H,17,18,19).